The van der Waals surface area contributed by atoms with E-state index in [2.05, 4.69) is 0 Å². The topological polar surface area (TPSA) is 89.7 Å². The molecular formula is C13H18N2O4S. The number of fused-ring (bicyclic) bond motifs is 1. The first kappa shape index (κ1) is 14.8. The Hall–Kier alpha value is -1.60. The molecule has 6 nitrogen and oxygen atoms in total. The van der Waals surface area contributed by atoms with Crippen molar-refractivity contribution >= 4 is 15.9 Å². The van der Waals surface area contributed by atoms with E-state index in [9.17, 15) is 13.2 Å². The molecule has 110 valence electrons. The average molecular weight is 298 g/mol. The van der Waals surface area contributed by atoms with Crippen molar-refractivity contribution in [2.24, 2.45) is 5.14 Å². The molecule has 20 heavy (non-hydrogen) atoms. The molecule has 1 aromatic carbocycles. The van der Waals surface area contributed by atoms with E-state index in [1.165, 1.54) is 12.1 Å². The Morgan fingerprint density at radius 3 is 2.60 bits per heavy atom. The number of hydrogen-bond donors (Lipinski definition) is 1. The number of primary sulfonamides is 1. The summed E-state index contributed by atoms with van der Waals surface area (Å²) in [4.78, 5) is 13.9. The van der Waals surface area contributed by atoms with Crippen molar-refractivity contribution in [3.8, 4) is 5.75 Å². The summed E-state index contributed by atoms with van der Waals surface area (Å²) in [5.74, 6) is 0.464. The molecule has 2 N–H and O–H groups in total. The first-order valence-corrected chi connectivity index (χ1v) is 8.02. The molecule has 0 radical (unpaired) electrons. The van der Waals surface area contributed by atoms with Crippen molar-refractivity contribution < 1.29 is 17.9 Å². The summed E-state index contributed by atoms with van der Waals surface area (Å²) in [6, 6.07) is 4.41. The van der Waals surface area contributed by atoms with Crippen LogP contribution in [0.2, 0.25) is 0 Å². The molecule has 0 saturated carbocycles. The number of hydrogen-bond acceptors (Lipinski definition) is 4. The molecule has 1 unspecified atom stereocenters. The molecule has 1 aliphatic heterocycles. The summed E-state index contributed by atoms with van der Waals surface area (Å²) in [5, 5.41) is 5.09. The highest BCUT2D eigenvalue weighted by Gasteiger charge is 2.32. The monoisotopic (exact) mass is 298 g/mol. The quantitative estimate of drug-likeness (QED) is 0.876. The summed E-state index contributed by atoms with van der Waals surface area (Å²) in [6.45, 7) is 5.05. The van der Waals surface area contributed by atoms with E-state index in [0.717, 1.165) is 0 Å². The molecular weight excluding hydrogens is 280 g/mol. The molecule has 0 saturated heterocycles. The Labute approximate surface area is 118 Å². The summed E-state index contributed by atoms with van der Waals surface area (Å²) in [7, 11) is -3.74. The van der Waals surface area contributed by atoms with Crippen LogP contribution in [0.1, 0.15) is 19.4 Å². The van der Waals surface area contributed by atoms with Crippen molar-refractivity contribution in [3.05, 3.63) is 23.8 Å². The highest BCUT2D eigenvalue weighted by Crippen LogP contribution is 2.31. The van der Waals surface area contributed by atoms with Crippen molar-refractivity contribution in [2.75, 3.05) is 13.1 Å². The standard InChI is InChI=1S/C13H18N2O4S/c1-3-15(4-2)13(16)12-8-9-7-10(20(14,17)18)5-6-11(9)19-12/h5-7,12H,3-4,8H2,1-2H3,(H2,14,17,18). The van der Waals surface area contributed by atoms with Crippen molar-refractivity contribution in [2.45, 2.75) is 31.3 Å². The number of rotatable bonds is 4. The van der Waals surface area contributed by atoms with Crippen molar-refractivity contribution in [1.82, 2.24) is 4.90 Å². The van der Waals surface area contributed by atoms with Gasteiger partial charge in [0.05, 0.1) is 4.90 Å². The molecule has 1 aromatic rings. The van der Waals surface area contributed by atoms with Gasteiger partial charge in [0.1, 0.15) is 5.75 Å². The number of benzene rings is 1. The van der Waals surface area contributed by atoms with Crippen molar-refractivity contribution in [1.29, 1.82) is 0 Å². The Morgan fingerprint density at radius 1 is 1.40 bits per heavy atom. The van der Waals surface area contributed by atoms with Gasteiger partial charge in [-0.05, 0) is 37.6 Å². The number of likely N-dealkylation sites (N-methyl/N-ethyl adjacent to an activating group) is 1. The highest BCUT2D eigenvalue weighted by atomic mass is 32.2. The third-order valence-electron chi connectivity index (χ3n) is 3.39. The van der Waals surface area contributed by atoms with Crippen LogP contribution in [0.25, 0.3) is 0 Å². The molecule has 0 aromatic heterocycles. The number of carbonyl (C=O) groups is 1. The zero-order valence-electron chi connectivity index (χ0n) is 11.5. The maximum absolute atomic E-state index is 12.2. The molecule has 7 heteroatoms. The zero-order valence-corrected chi connectivity index (χ0v) is 12.3. The van der Waals surface area contributed by atoms with Gasteiger partial charge < -0.3 is 9.64 Å². The first-order chi connectivity index (χ1) is 9.36. The van der Waals surface area contributed by atoms with Gasteiger partial charge >= 0.3 is 0 Å². The average Bonchev–Trinajstić information content (AvgIpc) is 2.81. The lowest BCUT2D eigenvalue weighted by molar-refractivity contribution is -0.137. The second kappa shape index (κ2) is 5.41. The van der Waals surface area contributed by atoms with E-state index in [1.807, 2.05) is 13.8 Å². The minimum atomic E-state index is -3.74. The van der Waals surface area contributed by atoms with Crippen molar-refractivity contribution in [3.63, 3.8) is 0 Å². The van der Waals surface area contributed by atoms with Crippen LogP contribution in [0.15, 0.2) is 23.1 Å². The Kier molecular flexibility index (Phi) is 4.01. The van der Waals surface area contributed by atoms with Crippen LogP contribution >= 0.6 is 0 Å². The minimum Gasteiger partial charge on any atom is -0.480 e. The van der Waals surface area contributed by atoms with Gasteiger partial charge in [-0.3, -0.25) is 4.79 Å². The Bertz CT molecular complexity index is 623. The fourth-order valence-corrected chi connectivity index (χ4v) is 2.84. The largest absolute Gasteiger partial charge is 0.480 e. The molecule has 0 fully saturated rings. The fourth-order valence-electron chi connectivity index (χ4n) is 2.28. The van der Waals surface area contributed by atoms with Crippen LogP contribution in [0.5, 0.6) is 5.75 Å². The minimum absolute atomic E-state index is 0.0378. The molecule has 1 atom stereocenters. The Morgan fingerprint density at radius 2 is 2.05 bits per heavy atom. The number of nitrogens with zero attached hydrogens (tertiary/aromatic N) is 1. The molecule has 0 aliphatic carbocycles. The summed E-state index contributed by atoms with van der Waals surface area (Å²) >= 11 is 0. The van der Waals surface area contributed by atoms with Gasteiger partial charge in [0.15, 0.2) is 6.10 Å². The van der Waals surface area contributed by atoms with E-state index < -0.39 is 16.1 Å². The highest BCUT2D eigenvalue weighted by molar-refractivity contribution is 7.89. The molecule has 2 rings (SSSR count). The van der Waals surface area contributed by atoms with Crippen LogP contribution < -0.4 is 9.88 Å². The van der Waals surface area contributed by atoms with Gasteiger partial charge in [0.25, 0.3) is 5.91 Å². The summed E-state index contributed by atoms with van der Waals surface area (Å²) in [5.41, 5.74) is 0.696. The molecule has 1 amide bonds. The number of amides is 1. The van der Waals surface area contributed by atoms with Crippen LogP contribution in [0.3, 0.4) is 0 Å². The van der Waals surface area contributed by atoms with Gasteiger partial charge in [0.2, 0.25) is 10.0 Å². The number of carbonyl (C=O) groups excluding carboxylic acids is 1. The molecule has 1 heterocycles. The third kappa shape index (κ3) is 2.78. The molecule has 0 bridgehead atoms. The zero-order chi connectivity index (χ0) is 14.9. The molecule has 0 spiro atoms. The van der Waals surface area contributed by atoms with E-state index in [4.69, 9.17) is 9.88 Å². The lowest BCUT2D eigenvalue weighted by atomic mass is 10.1. The van der Waals surface area contributed by atoms with Crippen LogP contribution in [-0.2, 0) is 21.2 Å². The normalized spacial score (nSPS) is 17.4. The second-order valence-corrected chi connectivity index (χ2v) is 6.20. The SMILES string of the molecule is CCN(CC)C(=O)C1Cc2cc(S(N)(=O)=O)ccc2O1. The maximum atomic E-state index is 12.2. The van der Waals surface area contributed by atoms with E-state index in [0.29, 0.717) is 30.8 Å². The second-order valence-electron chi connectivity index (χ2n) is 4.64. The van der Waals surface area contributed by atoms with Gasteiger partial charge in [-0.2, -0.15) is 0 Å². The lowest BCUT2D eigenvalue weighted by Crippen LogP contribution is -2.41. The predicted molar refractivity (Wildman–Crippen MR) is 73.9 cm³/mol. The van der Waals surface area contributed by atoms with Gasteiger partial charge in [-0.25, -0.2) is 13.6 Å². The number of ether oxygens (including phenoxy) is 1. The number of nitrogens with two attached hydrogens (primary N) is 1. The van der Waals surface area contributed by atoms with E-state index in [1.54, 1.807) is 11.0 Å². The fraction of sp³-hybridized carbons (Fsp3) is 0.462. The maximum Gasteiger partial charge on any atom is 0.263 e. The van der Waals surface area contributed by atoms with Gasteiger partial charge in [-0.1, -0.05) is 0 Å². The van der Waals surface area contributed by atoms with Crippen LogP contribution in [0, 0.1) is 0 Å². The van der Waals surface area contributed by atoms with E-state index >= 15 is 0 Å². The smallest absolute Gasteiger partial charge is 0.263 e. The van der Waals surface area contributed by atoms with E-state index in [-0.39, 0.29) is 10.8 Å². The van der Waals surface area contributed by atoms with Crippen LogP contribution in [-0.4, -0.2) is 38.4 Å². The number of sulfonamides is 1. The van der Waals surface area contributed by atoms with Gasteiger partial charge in [0, 0.05) is 19.5 Å². The van der Waals surface area contributed by atoms with Crippen LogP contribution in [0.4, 0.5) is 0 Å². The van der Waals surface area contributed by atoms with Gasteiger partial charge in [-0.15, -0.1) is 0 Å². The predicted octanol–water partition coefficient (Wildman–Crippen LogP) is 0.506. The first-order valence-electron chi connectivity index (χ1n) is 6.48. The Balaban J connectivity index is 2.22. The summed E-state index contributed by atoms with van der Waals surface area (Å²) < 4.78 is 28.2. The lowest BCUT2D eigenvalue weighted by Gasteiger charge is -2.22. The third-order valence-corrected chi connectivity index (χ3v) is 4.30. The summed E-state index contributed by atoms with van der Waals surface area (Å²) in [6.07, 6.45) is -0.214. The molecule has 1 aliphatic rings.